The molecule has 54 valence electrons. The molecular formula is C5H9ClO3. The zero-order valence-corrected chi connectivity index (χ0v) is 5.73. The molecule has 9 heavy (non-hydrogen) atoms. The highest BCUT2D eigenvalue weighted by Crippen LogP contribution is 1.95. The highest BCUT2D eigenvalue weighted by molar-refractivity contribution is 5.85. The Kier molecular flexibility index (Phi) is 4.67. The van der Waals surface area contributed by atoms with Gasteiger partial charge >= 0.3 is 0 Å². The molecule has 0 saturated carbocycles. The van der Waals surface area contributed by atoms with Crippen LogP contribution in [0.4, 0.5) is 0 Å². The van der Waals surface area contributed by atoms with Crippen LogP contribution in [0.15, 0.2) is 0 Å². The second kappa shape index (κ2) is 4.73. The van der Waals surface area contributed by atoms with Crippen LogP contribution in [-0.2, 0) is 14.3 Å². The van der Waals surface area contributed by atoms with Crippen molar-refractivity contribution in [2.75, 3.05) is 19.8 Å². The van der Waals surface area contributed by atoms with Gasteiger partial charge in [-0.2, -0.15) is 0 Å². The van der Waals surface area contributed by atoms with Gasteiger partial charge in [0.2, 0.25) is 0 Å². The van der Waals surface area contributed by atoms with Gasteiger partial charge in [-0.25, -0.2) is 0 Å². The first-order valence-electron chi connectivity index (χ1n) is 2.58. The van der Waals surface area contributed by atoms with E-state index in [2.05, 4.69) is 0 Å². The summed E-state index contributed by atoms with van der Waals surface area (Å²) in [6.45, 7) is 1.58. The van der Waals surface area contributed by atoms with Crippen molar-refractivity contribution in [1.29, 1.82) is 0 Å². The largest absolute Gasteiger partial charge is 0.376 e. The fourth-order valence-electron chi connectivity index (χ4n) is 0.585. The first-order chi connectivity index (χ1) is 3.93. The van der Waals surface area contributed by atoms with E-state index in [0.717, 1.165) is 6.29 Å². The molecular weight excluding hydrogens is 144 g/mol. The molecule has 1 aliphatic rings. The molecule has 0 N–H and O–H groups in total. The Morgan fingerprint density at radius 2 is 2.22 bits per heavy atom. The first kappa shape index (κ1) is 8.88. The molecule has 4 heteroatoms. The van der Waals surface area contributed by atoms with Gasteiger partial charge in [0, 0.05) is 0 Å². The number of carbonyl (C=O) groups excluding carboxylic acids is 1. The molecule has 1 unspecified atom stereocenters. The minimum atomic E-state index is -0.316. The maximum absolute atomic E-state index is 9.95. The zero-order chi connectivity index (χ0) is 5.82. The predicted octanol–water partition coefficient (Wildman–Crippen LogP) is 0.0225. The van der Waals surface area contributed by atoms with Gasteiger partial charge in [-0.3, -0.25) is 0 Å². The monoisotopic (exact) mass is 152 g/mol. The minimum absolute atomic E-state index is 0. The van der Waals surface area contributed by atoms with E-state index in [4.69, 9.17) is 9.47 Å². The Labute approximate surface area is 59.7 Å². The SMILES string of the molecule is Cl.O=CC1COCCO1. The van der Waals surface area contributed by atoms with Crippen molar-refractivity contribution in [3.63, 3.8) is 0 Å². The molecule has 1 heterocycles. The standard InChI is InChI=1S/C5H8O3.ClH/c6-3-5-4-7-1-2-8-5;/h3,5H,1-2,4H2;1H. The van der Waals surface area contributed by atoms with Crippen molar-refractivity contribution >= 4 is 18.7 Å². The van der Waals surface area contributed by atoms with Crippen molar-refractivity contribution in [2.24, 2.45) is 0 Å². The molecule has 0 amide bonds. The molecule has 0 aliphatic carbocycles. The molecule has 0 spiro atoms. The maximum Gasteiger partial charge on any atom is 0.151 e. The van der Waals surface area contributed by atoms with Gasteiger partial charge in [0.05, 0.1) is 19.8 Å². The lowest BCUT2D eigenvalue weighted by Crippen LogP contribution is -2.29. The molecule has 0 aromatic rings. The average molecular weight is 153 g/mol. The highest BCUT2D eigenvalue weighted by Gasteiger charge is 2.11. The van der Waals surface area contributed by atoms with Crippen LogP contribution in [0.5, 0.6) is 0 Å². The van der Waals surface area contributed by atoms with E-state index in [1.165, 1.54) is 0 Å². The third-order valence-corrected chi connectivity index (χ3v) is 0.993. The Bertz CT molecular complexity index is 80.3. The predicted molar refractivity (Wildman–Crippen MR) is 33.9 cm³/mol. The zero-order valence-electron chi connectivity index (χ0n) is 4.91. The third-order valence-electron chi connectivity index (χ3n) is 0.993. The number of hydrogen-bond donors (Lipinski definition) is 0. The molecule has 1 aliphatic heterocycles. The quantitative estimate of drug-likeness (QED) is 0.497. The summed E-state index contributed by atoms with van der Waals surface area (Å²) in [5, 5.41) is 0. The summed E-state index contributed by atoms with van der Waals surface area (Å²) in [4.78, 5) is 9.95. The van der Waals surface area contributed by atoms with E-state index >= 15 is 0 Å². The maximum atomic E-state index is 9.95. The number of aldehydes is 1. The van der Waals surface area contributed by atoms with Crippen LogP contribution >= 0.6 is 12.4 Å². The fourth-order valence-corrected chi connectivity index (χ4v) is 0.585. The Morgan fingerprint density at radius 1 is 1.44 bits per heavy atom. The minimum Gasteiger partial charge on any atom is -0.376 e. The lowest BCUT2D eigenvalue weighted by Gasteiger charge is -2.17. The van der Waals surface area contributed by atoms with Gasteiger partial charge < -0.3 is 14.3 Å². The smallest absolute Gasteiger partial charge is 0.151 e. The number of rotatable bonds is 1. The van der Waals surface area contributed by atoms with Gasteiger partial charge in [-0.1, -0.05) is 0 Å². The Balaban J connectivity index is 0.000000640. The van der Waals surface area contributed by atoms with E-state index in [1.807, 2.05) is 0 Å². The summed E-state index contributed by atoms with van der Waals surface area (Å²) in [5.41, 5.74) is 0. The second-order valence-corrected chi connectivity index (χ2v) is 1.62. The van der Waals surface area contributed by atoms with Crippen LogP contribution in [-0.4, -0.2) is 32.2 Å². The van der Waals surface area contributed by atoms with Gasteiger partial charge in [0.1, 0.15) is 6.10 Å². The molecule has 1 saturated heterocycles. The molecule has 1 fully saturated rings. The molecule has 0 radical (unpaired) electrons. The lowest BCUT2D eigenvalue weighted by atomic mass is 10.4. The average Bonchev–Trinajstić information content (AvgIpc) is 1.90. The van der Waals surface area contributed by atoms with E-state index in [-0.39, 0.29) is 18.5 Å². The molecule has 0 aromatic carbocycles. The van der Waals surface area contributed by atoms with E-state index in [0.29, 0.717) is 19.8 Å². The number of carbonyl (C=O) groups is 1. The molecule has 3 nitrogen and oxygen atoms in total. The third kappa shape index (κ3) is 2.79. The van der Waals surface area contributed by atoms with Crippen molar-refractivity contribution in [2.45, 2.75) is 6.10 Å². The van der Waals surface area contributed by atoms with Crippen molar-refractivity contribution in [3.05, 3.63) is 0 Å². The summed E-state index contributed by atoms with van der Waals surface area (Å²) in [5.74, 6) is 0. The normalized spacial score (nSPS) is 26.4. The van der Waals surface area contributed by atoms with Crippen molar-refractivity contribution < 1.29 is 14.3 Å². The van der Waals surface area contributed by atoms with Crippen LogP contribution < -0.4 is 0 Å². The Hall–Kier alpha value is -0.120. The van der Waals surface area contributed by atoms with Crippen LogP contribution in [0.3, 0.4) is 0 Å². The number of hydrogen-bond acceptors (Lipinski definition) is 3. The van der Waals surface area contributed by atoms with E-state index in [1.54, 1.807) is 0 Å². The van der Waals surface area contributed by atoms with Crippen LogP contribution in [0.25, 0.3) is 0 Å². The van der Waals surface area contributed by atoms with Gasteiger partial charge in [0.15, 0.2) is 6.29 Å². The number of halogens is 1. The van der Waals surface area contributed by atoms with E-state index < -0.39 is 0 Å². The van der Waals surface area contributed by atoms with Crippen molar-refractivity contribution in [3.8, 4) is 0 Å². The summed E-state index contributed by atoms with van der Waals surface area (Å²) >= 11 is 0. The Morgan fingerprint density at radius 3 is 2.56 bits per heavy atom. The topological polar surface area (TPSA) is 35.5 Å². The summed E-state index contributed by atoms with van der Waals surface area (Å²) in [6, 6.07) is 0. The number of ether oxygens (including phenoxy) is 2. The van der Waals surface area contributed by atoms with Crippen LogP contribution in [0.2, 0.25) is 0 Å². The molecule has 0 aromatic heterocycles. The first-order valence-corrected chi connectivity index (χ1v) is 2.58. The van der Waals surface area contributed by atoms with E-state index in [9.17, 15) is 4.79 Å². The molecule has 1 atom stereocenters. The summed E-state index contributed by atoms with van der Waals surface area (Å²) in [7, 11) is 0. The van der Waals surface area contributed by atoms with Gasteiger partial charge in [-0.05, 0) is 0 Å². The summed E-state index contributed by atoms with van der Waals surface area (Å²) < 4.78 is 9.85. The van der Waals surface area contributed by atoms with Crippen molar-refractivity contribution in [1.82, 2.24) is 0 Å². The molecule has 0 bridgehead atoms. The van der Waals surface area contributed by atoms with Crippen LogP contribution in [0, 0.1) is 0 Å². The summed E-state index contributed by atoms with van der Waals surface area (Å²) in [6.07, 6.45) is 0.447. The van der Waals surface area contributed by atoms with Gasteiger partial charge in [0.25, 0.3) is 0 Å². The highest BCUT2D eigenvalue weighted by atomic mass is 35.5. The fraction of sp³-hybridized carbons (Fsp3) is 0.800. The van der Waals surface area contributed by atoms with Gasteiger partial charge in [-0.15, -0.1) is 12.4 Å². The second-order valence-electron chi connectivity index (χ2n) is 1.62. The van der Waals surface area contributed by atoms with Crippen LogP contribution in [0.1, 0.15) is 0 Å². The lowest BCUT2D eigenvalue weighted by molar-refractivity contribution is -0.133. The molecule has 1 rings (SSSR count).